The number of hydrogen-bond donors (Lipinski definition) is 1. The van der Waals surface area contributed by atoms with E-state index in [9.17, 15) is 0 Å². The van der Waals surface area contributed by atoms with Crippen molar-refractivity contribution in [1.82, 2.24) is 25.1 Å². The van der Waals surface area contributed by atoms with Crippen LogP contribution in [-0.2, 0) is 13.0 Å². The first-order chi connectivity index (χ1) is 18.3. The minimum Gasteiger partial charge on any atom is -0.497 e. The fourth-order valence-electron chi connectivity index (χ4n) is 6.05. The SMILES string of the molecule is COc1ccc(C)c(N2CCc3nc(-c4c(C)ccc5[nH]nc(C)c45)nc(N4CCC(N(C)C)C4)c3C2)c1. The monoisotopic (exact) mass is 511 g/mol. The first-order valence-electron chi connectivity index (χ1n) is 13.5. The van der Waals surface area contributed by atoms with Crippen LogP contribution >= 0.6 is 0 Å². The van der Waals surface area contributed by atoms with E-state index >= 15 is 0 Å². The third kappa shape index (κ3) is 4.17. The summed E-state index contributed by atoms with van der Waals surface area (Å²) >= 11 is 0. The number of aryl methyl sites for hydroxylation is 3. The van der Waals surface area contributed by atoms with Gasteiger partial charge in [-0.15, -0.1) is 0 Å². The number of nitrogens with one attached hydrogen (secondary N) is 1. The predicted molar refractivity (Wildman–Crippen MR) is 153 cm³/mol. The fourth-order valence-corrected chi connectivity index (χ4v) is 6.05. The highest BCUT2D eigenvalue weighted by molar-refractivity contribution is 5.96. The summed E-state index contributed by atoms with van der Waals surface area (Å²) in [5.74, 6) is 2.78. The molecule has 0 spiro atoms. The maximum Gasteiger partial charge on any atom is 0.162 e. The molecule has 1 saturated heterocycles. The third-order valence-corrected chi connectivity index (χ3v) is 8.33. The molecule has 0 amide bonds. The van der Waals surface area contributed by atoms with Gasteiger partial charge in [-0.3, -0.25) is 5.10 Å². The molecule has 0 saturated carbocycles. The molecule has 8 heteroatoms. The topological polar surface area (TPSA) is 73.4 Å². The van der Waals surface area contributed by atoms with Crippen molar-refractivity contribution >= 4 is 22.4 Å². The number of rotatable bonds is 5. The first-order valence-corrected chi connectivity index (χ1v) is 13.5. The van der Waals surface area contributed by atoms with Crippen LogP contribution in [0.5, 0.6) is 5.75 Å². The second-order valence-corrected chi connectivity index (χ2v) is 11.0. The molecule has 198 valence electrons. The molecule has 38 heavy (non-hydrogen) atoms. The Hall–Kier alpha value is -3.65. The summed E-state index contributed by atoms with van der Waals surface area (Å²) in [6.45, 7) is 10.0. The summed E-state index contributed by atoms with van der Waals surface area (Å²) in [5, 5.41) is 8.79. The van der Waals surface area contributed by atoms with Gasteiger partial charge in [-0.25, -0.2) is 9.97 Å². The molecule has 0 radical (unpaired) electrons. The van der Waals surface area contributed by atoms with Crippen LogP contribution in [0.1, 0.15) is 34.5 Å². The molecule has 2 aliphatic heterocycles. The molecule has 1 fully saturated rings. The number of fused-ring (bicyclic) bond motifs is 2. The molecule has 6 rings (SSSR count). The largest absolute Gasteiger partial charge is 0.497 e. The average molecular weight is 512 g/mol. The number of aromatic nitrogens is 4. The number of ether oxygens (including phenoxy) is 1. The standard InChI is InChI=1S/C30H37N7O/c1-18-7-9-22(38-6)15-26(18)36-14-12-24-23(17-36)30(37-13-11-21(16-37)35(4)5)32-29(31-24)27-19(2)8-10-25-28(27)20(3)33-34-25/h7-10,15,21H,11-14,16-17H2,1-6H3,(H,33,34). The maximum absolute atomic E-state index is 5.55. The van der Waals surface area contributed by atoms with Gasteiger partial charge in [0.2, 0.25) is 0 Å². The minimum atomic E-state index is 0.519. The highest BCUT2D eigenvalue weighted by Crippen LogP contribution is 2.38. The van der Waals surface area contributed by atoms with Crippen LogP contribution in [0.4, 0.5) is 11.5 Å². The number of benzene rings is 2. The number of likely N-dealkylation sites (N-methyl/N-ethyl adjacent to an activating group) is 1. The Morgan fingerprint density at radius 1 is 1.00 bits per heavy atom. The zero-order valence-electron chi connectivity index (χ0n) is 23.3. The van der Waals surface area contributed by atoms with E-state index in [2.05, 4.69) is 84.0 Å². The lowest BCUT2D eigenvalue weighted by Crippen LogP contribution is -2.36. The minimum absolute atomic E-state index is 0.519. The molecule has 2 aliphatic rings. The number of anilines is 2. The van der Waals surface area contributed by atoms with Crippen molar-refractivity contribution in [3.63, 3.8) is 0 Å². The van der Waals surface area contributed by atoms with E-state index < -0.39 is 0 Å². The Labute approximate surface area is 224 Å². The predicted octanol–water partition coefficient (Wildman–Crippen LogP) is 4.66. The summed E-state index contributed by atoms with van der Waals surface area (Å²) in [4.78, 5) is 17.9. The molecule has 4 aromatic rings. The summed E-state index contributed by atoms with van der Waals surface area (Å²) in [6.07, 6.45) is 2.01. The second-order valence-electron chi connectivity index (χ2n) is 11.0. The van der Waals surface area contributed by atoms with E-state index in [0.29, 0.717) is 6.04 Å². The van der Waals surface area contributed by atoms with E-state index in [1.54, 1.807) is 7.11 Å². The van der Waals surface area contributed by atoms with Crippen LogP contribution in [0.2, 0.25) is 0 Å². The van der Waals surface area contributed by atoms with Gasteiger partial charge in [-0.1, -0.05) is 12.1 Å². The Balaban J connectivity index is 1.48. The van der Waals surface area contributed by atoms with Gasteiger partial charge < -0.3 is 19.4 Å². The van der Waals surface area contributed by atoms with Crippen molar-refractivity contribution in [2.75, 3.05) is 50.6 Å². The lowest BCUT2D eigenvalue weighted by molar-refractivity contribution is 0.315. The highest BCUT2D eigenvalue weighted by Gasteiger charge is 2.31. The van der Waals surface area contributed by atoms with Crippen molar-refractivity contribution in [3.05, 3.63) is 58.4 Å². The normalized spacial score (nSPS) is 17.5. The molecule has 2 aromatic heterocycles. The van der Waals surface area contributed by atoms with Crippen LogP contribution < -0.4 is 14.5 Å². The average Bonchev–Trinajstić information content (AvgIpc) is 3.56. The molecule has 0 aliphatic carbocycles. The van der Waals surface area contributed by atoms with Crippen LogP contribution in [0.15, 0.2) is 30.3 Å². The van der Waals surface area contributed by atoms with Gasteiger partial charge in [0.15, 0.2) is 5.82 Å². The van der Waals surface area contributed by atoms with Crippen LogP contribution in [0, 0.1) is 20.8 Å². The molecule has 8 nitrogen and oxygen atoms in total. The molecule has 0 bridgehead atoms. The highest BCUT2D eigenvalue weighted by atomic mass is 16.5. The molecular weight excluding hydrogens is 474 g/mol. The van der Waals surface area contributed by atoms with Crippen molar-refractivity contribution in [2.24, 2.45) is 0 Å². The smallest absolute Gasteiger partial charge is 0.162 e. The Kier molecular flexibility index (Phi) is 6.22. The van der Waals surface area contributed by atoms with Crippen molar-refractivity contribution in [2.45, 2.75) is 46.2 Å². The Morgan fingerprint density at radius 2 is 1.82 bits per heavy atom. The van der Waals surface area contributed by atoms with E-state index in [-0.39, 0.29) is 0 Å². The molecular formula is C30H37N7O. The lowest BCUT2D eigenvalue weighted by atomic mass is 9.99. The van der Waals surface area contributed by atoms with E-state index in [4.69, 9.17) is 14.7 Å². The van der Waals surface area contributed by atoms with Crippen molar-refractivity contribution in [1.29, 1.82) is 0 Å². The van der Waals surface area contributed by atoms with Crippen molar-refractivity contribution in [3.8, 4) is 17.1 Å². The second kappa shape index (κ2) is 9.58. The quantitative estimate of drug-likeness (QED) is 0.418. The van der Waals surface area contributed by atoms with Crippen LogP contribution in [-0.4, -0.2) is 71.9 Å². The zero-order valence-corrected chi connectivity index (χ0v) is 23.3. The number of H-pyrrole nitrogens is 1. The number of methoxy groups -OCH3 is 1. The van der Waals surface area contributed by atoms with Gasteiger partial charge in [-0.05, 0) is 64.5 Å². The lowest BCUT2D eigenvalue weighted by Gasteiger charge is -2.34. The maximum atomic E-state index is 5.55. The fraction of sp³-hybridized carbons (Fsp3) is 0.433. The van der Waals surface area contributed by atoms with Gasteiger partial charge in [0, 0.05) is 66.9 Å². The van der Waals surface area contributed by atoms with Crippen LogP contribution in [0.25, 0.3) is 22.3 Å². The molecule has 1 atom stereocenters. The molecule has 1 N–H and O–H groups in total. The summed E-state index contributed by atoms with van der Waals surface area (Å²) < 4.78 is 5.55. The summed E-state index contributed by atoms with van der Waals surface area (Å²) in [7, 11) is 6.08. The molecule has 1 unspecified atom stereocenters. The van der Waals surface area contributed by atoms with Gasteiger partial charge in [0.1, 0.15) is 11.6 Å². The zero-order chi connectivity index (χ0) is 26.6. The van der Waals surface area contributed by atoms with E-state index in [1.807, 2.05) is 6.07 Å². The molecule has 2 aromatic carbocycles. The number of hydrogen-bond acceptors (Lipinski definition) is 7. The number of nitrogens with zero attached hydrogens (tertiary/aromatic N) is 6. The third-order valence-electron chi connectivity index (χ3n) is 8.33. The Bertz CT molecular complexity index is 1510. The van der Waals surface area contributed by atoms with Gasteiger partial charge in [-0.2, -0.15) is 5.10 Å². The number of aromatic amines is 1. The molecule has 4 heterocycles. The van der Waals surface area contributed by atoms with Gasteiger partial charge in [0.05, 0.1) is 24.0 Å². The Morgan fingerprint density at radius 3 is 2.58 bits per heavy atom. The van der Waals surface area contributed by atoms with E-state index in [0.717, 1.165) is 84.3 Å². The van der Waals surface area contributed by atoms with E-state index in [1.165, 1.54) is 22.4 Å². The summed E-state index contributed by atoms with van der Waals surface area (Å²) in [6, 6.07) is 11.1. The first kappa shape index (κ1) is 24.7. The van der Waals surface area contributed by atoms with Crippen LogP contribution in [0.3, 0.4) is 0 Å². The van der Waals surface area contributed by atoms with Gasteiger partial charge >= 0.3 is 0 Å². The van der Waals surface area contributed by atoms with Crippen molar-refractivity contribution < 1.29 is 4.74 Å². The summed E-state index contributed by atoms with van der Waals surface area (Å²) in [5.41, 5.74) is 9.14. The van der Waals surface area contributed by atoms with Gasteiger partial charge in [0.25, 0.3) is 0 Å².